The van der Waals surface area contributed by atoms with Gasteiger partial charge in [-0.25, -0.2) is 0 Å². The van der Waals surface area contributed by atoms with Crippen molar-refractivity contribution in [2.75, 3.05) is 7.05 Å². The highest BCUT2D eigenvalue weighted by atomic mass is 14.9. The van der Waals surface area contributed by atoms with Crippen LogP contribution in [0.15, 0.2) is 72.8 Å². The molecule has 3 aromatic rings. The lowest BCUT2D eigenvalue weighted by Gasteiger charge is -2.19. The standard InChI is InChI=1S/C18H17N/c1-19-18(15-9-3-2-4-10-15)17-13-7-11-14-8-5-6-12-16(14)17/h2-13,18-19H,1H3. The van der Waals surface area contributed by atoms with Gasteiger partial charge in [0.25, 0.3) is 0 Å². The first-order chi connectivity index (χ1) is 9.40. The molecule has 1 atom stereocenters. The molecule has 1 N–H and O–H groups in total. The Morgan fingerprint density at radius 1 is 0.737 bits per heavy atom. The van der Waals surface area contributed by atoms with Gasteiger partial charge in [-0.2, -0.15) is 0 Å². The monoisotopic (exact) mass is 247 g/mol. The highest BCUT2D eigenvalue weighted by Crippen LogP contribution is 2.28. The zero-order valence-corrected chi connectivity index (χ0v) is 11.0. The molecule has 0 aromatic heterocycles. The quantitative estimate of drug-likeness (QED) is 0.733. The van der Waals surface area contributed by atoms with E-state index in [-0.39, 0.29) is 6.04 Å². The molecule has 0 aliphatic heterocycles. The van der Waals surface area contributed by atoms with Crippen LogP contribution in [0.5, 0.6) is 0 Å². The van der Waals surface area contributed by atoms with Gasteiger partial charge in [0.2, 0.25) is 0 Å². The van der Waals surface area contributed by atoms with Crippen LogP contribution < -0.4 is 5.32 Å². The second kappa shape index (κ2) is 5.25. The summed E-state index contributed by atoms with van der Waals surface area (Å²) in [7, 11) is 2.01. The summed E-state index contributed by atoms with van der Waals surface area (Å²) in [4.78, 5) is 0. The maximum atomic E-state index is 3.43. The smallest absolute Gasteiger partial charge is 0.0580 e. The number of hydrogen-bond donors (Lipinski definition) is 1. The molecule has 94 valence electrons. The second-order valence-corrected chi connectivity index (χ2v) is 4.70. The molecular formula is C18H17N. The van der Waals surface area contributed by atoms with Gasteiger partial charge in [0.1, 0.15) is 0 Å². The first kappa shape index (κ1) is 11.9. The van der Waals surface area contributed by atoms with Gasteiger partial charge in [0, 0.05) is 0 Å². The first-order valence-corrected chi connectivity index (χ1v) is 6.60. The number of benzene rings is 3. The molecule has 19 heavy (non-hydrogen) atoms. The Balaban J connectivity index is 2.17. The summed E-state index contributed by atoms with van der Waals surface area (Å²) in [6.07, 6.45) is 0. The van der Waals surface area contributed by atoms with Crippen molar-refractivity contribution >= 4 is 10.8 Å². The molecule has 1 unspecified atom stereocenters. The molecule has 0 amide bonds. The number of fused-ring (bicyclic) bond motifs is 1. The molecule has 1 nitrogen and oxygen atoms in total. The van der Waals surface area contributed by atoms with Crippen LogP contribution in [0.25, 0.3) is 10.8 Å². The summed E-state index contributed by atoms with van der Waals surface area (Å²) < 4.78 is 0. The molecule has 0 bridgehead atoms. The van der Waals surface area contributed by atoms with Gasteiger partial charge in [-0.05, 0) is 28.9 Å². The van der Waals surface area contributed by atoms with E-state index in [4.69, 9.17) is 0 Å². The van der Waals surface area contributed by atoms with E-state index >= 15 is 0 Å². The molecule has 0 aliphatic carbocycles. The van der Waals surface area contributed by atoms with Crippen molar-refractivity contribution in [3.63, 3.8) is 0 Å². The zero-order valence-electron chi connectivity index (χ0n) is 11.0. The van der Waals surface area contributed by atoms with Crippen LogP contribution in [0.3, 0.4) is 0 Å². The third kappa shape index (κ3) is 2.25. The van der Waals surface area contributed by atoms with Gasteiger partial charge in [-0.1, -0.05) is 72.8 Å². The molecule has 0 heterocycles. The van der Waals surface area contributed by atoms with E-state index in [1.54, 1.807) is 0 Å². The maximum Gasteiger partial charge on any atom is 0.0580 e. The summed E-state index contributed by atoms with van der Waals surface area (Å²) in [5.74, 6) is 0. The van der Waals surface area contributed by atoms with Gasteiger partial charge in [-0.3, -0.25) is 0 Å². The normalized spacial score (nSPS) is 12.5. The molecule has 3 aromatic carbocycles. The van der Waals surface area contributed by atoms with Crippen molar-refractivity contribution in [3.8, 4) is 0 Å². The third-order valence-electron chi connectivity index (χ3n) is 3.56. The van der Waals surface area contributed by atoms with Crippen LogP contribution in [0, 0.1) is 0 Å². The summed E-state index contributed by atoms with van der Waals surface area (Å²) in [6, 6.07) is 25.8. The van der Waals surface area contributed by atoms with Crippen LogP contribution in [0.2, 0.25) is 0 Å². The van der Waals surface area contributed by atoms with Crippen molar-refractivity contribution in [3.05, 3.63) is 83.9 Å². The average molecular weight is 247 g/mol. The average Bonchev–Trinajstić information content (AvgIpc) is 2.49. The molecule has 1 heteroatoms. The third-order valence-corrected chi connectivity index (χ3v) is 3.56. The summed E-state index contributed by atoms with van der Waals surface area (Å²) in [6.45, 7) is 0. The van der Waals surface area contributed by atoms with Crippen molar-refractivity contribution in [1.82, 2.24) is 5.32 Å². The Bertz CT molecular complexity index is 668. The molecular weight excluding hydrogens is 230 g/mol. The highest BCUT2D eigenvalue weighted by molar-refractivity contribution is 5.86. The van der Waals surface area contributed by atoms with E-state index in [2.05, 4.69) is 78.1 Å². The lowest BCUT2D eigenvalue weighted by atomic mass is 9.94. The lowest BCUT2D eigenvalue weighted by molar-refractivity contribution is 0.697. The first-order valence-electron chi connectivity index (χ1n) is 6.60. The summed E-state index contributed by atoms with van der Waals surface area (Å²) >= 11 is 0. The molecule has 0 saturated carbocycles. The SMILES string of the molecule is CNC(c1ccccc1)c1cccc2ccccc12. The van der Waals surface area contributed by atoms with Gasteiger partial charge in [0.05, 0.1) is 6.04 Å². The fourth-order valence-electron chi connectivity index (χ4n) is 2.65. The Labute approximate surface area is 113 Å². The van der Waals surface area contributed by atoms with E-state index < -0.39 is 0 Å². The van der Waals surface area contributed by atoms with Crippen LogP contribution in [0.1, 0.15) is 17.2 Å². The van der Waals surface area contributed by atoms with E-state index in [1.807, 2.05) is 7.05 Å². The minimum atomic E-state index is 0.229. The van der Waals surface area contributed by atoms with Crippen LogP contribution in [-0.2, 0) is 0 Å². The highest BCUT2D eigenvalue weighted by Gasteiger charge is 2.13. The molecule has 0 spiro atoms. The Morgan fingerprint density at radius 3 is 2.21 bits per heavy atom. The van der Waals surface area contributed by atoms with Crippen molar-refractivity contribution in [1.29, 1.82) is 0 Å². The lowest BCUT2D eigenvalue weighted by Crippen LogP contribution is -2.17. The van der Waals surface area contributed by atoms with E-state index in [9.17, 15) is 0 Å². The Kier molecular flexibility index (Phi) is 3.30. The molecule has 0 fully saturated rings. The topological polar surface area (TPSA) is 12.0 Å². The molecule has 0 radical (unpaired) electrons. The number of rotatable bonds is 3. The molecule has 0 aliphatic rings. The largest absolute Gasteiger partial charge is 0.309 e. The summed E-state index contributed by atoms with van der Waals surface area (Å²) in [5.41, 5.74) is 2.62. The van der Waals surface area contributed by atoms with E-state index in [0.717, 1.165) is 0 Å². The Morgan fingerprint density at radius 2 is 1.42 bits per heavy atom. The van der Waals surface area contributed by atoms with Crippen LogP contribution in [0.4, 0.5) is 0 Å². The van der Waals surface area contributed by atoms with Crippen molar-refractivity contribution < 1.29 is 0 Å². The number of nitrogens with one attached hydrogen (secondary N) is 1. The fourth-order valence-corrected chi connectivity index (χ4v) is 2.65. The fraction of sp³-hybridized carbons (Fsp3) is 0.111. The van der Waals surface area contributed by atoms with Gasteiger partial charge >= 0.3 is 0 Å². The van der Waals surface area contributed by atoms with Gasteiger partial charge in [0.15, 0.2) is 0 Å². The minimum absolute atomic E-state index is 0.229. The predicted octanol–water partition coefficient (Wildman–Crippen LogP) is 4.15. The Hall–Kier alpha value is -2.12. The minimum Gasteiger partial charge on any atom is -0.309 e. The number of hydrogen-bond acceptors (Lipinski definition) is 1. The molecule has 0 saturated heterocycles. The van der Waals surface area contributed by atoms with Gasteiger partial charge in [-0.15, -0.1) is 0 Å². The molecule has 3 rings (SSSR count). The van der Waals surface area contributed by atoms with E-state index in [1.165, 1.54) is 21.9 Å². The summed E-state index contributed by atoms with van der Waals surface area (Å²) in [5, 5.41) is 6.03. The zero-order chi connectivity index (χ0) is 13.1. The van der Waals surface area contributed by atoms with Crippen LogP contribution in [-0.4, -0.2) is 7.05 Å². The predicted molar refractivity (Wildman–Crippen MR) is 81.3 cm³/mol. The van der Waals surface area contributed by atoms with Crippen LogP contribution >= 0.6 is 0 Å². The van der Waals surface area contributed by atoms with Crippen molar-refractivity contribution in [2.45, 2.75) is 6.04 Å². The maximum absolute atomic E-state index is 3.43. The van der Waals surface area contributed by atoms with E-state index in [0.29, 0.717) is 0 Å². The van der Waals surface area contributed by atoms with Gasteiger partial charge < -0.3 is 5.32 Å². The second-order valence-electron chi connectivity index (χ2n) is 4.70. The van der Waals surface area contributed by atoms with Crippen molar-refractivity contribution in [2.24, 2.45) is 0 Å².